The van der Waals surface area contributed by atoms with Crippen LogP contribution in [0.2, 0.25) is 0 Å². The number of H-pyrrole nitrogens is 1. The number of carbonyl (C=O) groups is 3. The Bertz CT molecular complexity index is 3270. The third-order valence-corrected chi connectivity index (χ3v) is 16.0. The highest BCUT2D eigenvalue weighted by Gasteiger charge is 2.54. The summed E-state index contributed by atoms with van der Waals surface area (Å²) in [5.41, 5.74) is 3.14. The van der Waals surface area contributed by atoms with E-state index in [0.717, 1.165) is 29.1 Å². The number of aliphatic hydroxyl groups is 1. The molecule has 408 valence electrons. The highest BCUT2D eigenvalue weighted by atomic mass is 31.3. The topological polar surface area (TPSA) is 465 Å². The minimum absolute atomic E-state index is 0.180. The highest BCUT2D eigenvalue weighted by molar-refractivity contribution is 7.69. The molecule has 33 nitrogen and oxygen atoms in total. The summed E-state index contributed by atoms with van der Waals surface area (Å²) in [6.45, 7) is -2.65. The van der Waals surface area contributed by atoms with Gasteiger partial charge in [0.2, 0.25) is 0 Å². The average molecular weight is 1150 g/mol. The van der Waals surface area contributed by atoms with Gasteiger partial charge in [-0.05, 0) is 42.5 Å². The number of rotatable bonds is 20. The fourth-order valence-corrected chi connectivity index (χ4v) is 11.9. The second-order valence-corrected chi connectivity index (χ2v) is 21.7. The molecule has 37 heteroatoms. The number of nitrogen functional groups attached to an aromatic ring is 1. The summed E-state index contributed by atoms with van der Waals surface area (Å²) in [5, 5.41) is 18.2. The number of benzene rings is 3. The third kappa shape index (κ3) is 15.7. The number of aromatic nitrogens is 4. The molecule has 4 unspecified atom stereocenters. The van der Waals surface area contributed by atoms with Crippen molar-refractivity contribution in [2.24, 2.45) is 0 Å². The van der Waals surface area contributed by atoms with E-state index in [-0.39, 0.29) is 22.9 Å². The Morgan fingerprint density at radius 3 is 1.46 bits per heavy atom. The molecule has 11 N–H and O–H groups in total. The minimum atomic E-state index is -6.46. The first-order chi connectivity index (χ1) is 35.8. The van der Waals surface area contributed by atoms with Gasteiger partial charge in [0.25, 0.3) is 5.56 Å². The first-order valence-corrected chi connectivity index (χ1v) is 27.3. The van der Waals surface area contributed by atoms with E-state index in [0.29, 0.717) is 4.57 Å². The summed E-state index contributed by atoms with van der Waals surface area (Å²) in [6, 6.07) is 25.0. The van der Waals surface area contributed by atoms with E-state index in [1.165, 1.54) is 36.4 Å². The van der Waals surface area contributed by atoms with Crippen molar-refractivity contribution >= 4 is 72.5 Å². The van der Waals surface area contributed by atoms with Crippen molar-refractivity contribution in [3.8, 4) is 0 Å². The van der Waals surface area contributed by atoms with E-state index in [9.17, 15) is 71.7 Å². The molecule has 2 saturated heterocycles. The number of nitrogens with zero attached hydrogens (tertiary/aromatic N) is 3. The normalized spacial score (nSPS) is 24.3. The summed E-state index contributed by atoms with van der Waals surface area (Å²) in [5.74, 6) is -0.265. The molecule has 7 rings (SSSR count). The van der Waals surface area contributed by atoms with Crippen LogP contribution in [0.5, 0.6) is 0 Å². The van der Waals surface area contributed by atoms with E-state index >= 15 is 0 Å². The maximum atomic E-state index is 13.3. The van der Waals surface area contributed by atoms with Crippen LogP contribution in [-0.2, 0) is 63.9 Å². The lowest BCUT2D eigenvalue weighted by Gasteiger charge is -2.25. The van der Waals surface area contributed by atoms with Crippen LogP contribution in [0.4, 0.5) is 37.3 Å². The number of nitrogens with two attached hydrogens (primary N) is 1. The lowest BCUT2D eigenvalue weighted by molar-refractivity contribution is -0.0553. The first-order valence-electron chi connectivity index (χ1n) is 21.3. The van der Waals surface area contributed by atoms with E-state index in [4.69, 9.17) is 33.9 Å². The van der Waals surface area contributed by atoms with Gasteiger partial charge in [0.05, 0.1) is 13.2 Å². The van der Waals surface area contributed by atoms with Gasteiger partial charge in [-0.2, -0.15) is 17.9 Å². The Morgan fingerprint density at radius 1 is 0.579 bits per heavy atom. The monoisotopic (exact) mass is 1150 g/mol. The van der Waals surface area contributed by atoms with Gasteiger partial charge in [0, 0.05) is 35.5 Å². The average Bonchev–Trinajstić information content (AvgIpc) is 3.81. The van der Waals surface area contributed by atoms with Crippen LogP contribution in [0, 0.1) is 0 Å². The van der Waals surface area contributed by atoms with Crippen LogP contribution in [0.3, 0.4) is 0 Å². The molecule has 0 aliphatic carbocycles. The van der Waals surface area contributed by atoms with Gasteiger partial charge in [-0.1, -0.05) is 54.6 Å². The predicted octanol–water partition coefficient (Wildman–Crippen LogP) is 2.87. The van der Waals surface area contributed by atoms with Crippen molar-refractivity contribution in [1.82, 2.24) is 19.1 Å². The summed E-state index contributed by atoms with van der Waals surface area (Å²) in [7, 11) is -25.0. The van der Waals surface area contributed by atoms with Crippen molar-refractivity contribution in [1.29, 1.82) is 0 Å². The minimum Gasteiger partial charge on any atom is -0.439 e. The van der Waals surface area contributed by atoms with Gasteiger partial charge in [-0.3, -0.25) is 43.9 Å². The molecule has 2 fully saturated rings. The summed E-state index contributed by atoms with van der Waals surface area (Å²) in [6.07, 6.45) is -16.8. The summed E-state index contributed by atoms with van der Waals surface area (Å²) in [4.78, 5) is 124. The summed E-state index contributed by atoms with van der Waals surface area (Å²) < 4.78 is 102. The molecular formula is C39H42N8O25P4. The second kappa shape index (κ2) is 24.1. The smallest absolute Gasteiger partial charge is 0.439 e. The second-order valence-electron chi connectivity index (χ2n) is 15.5. The van der Waals surface area contributed by atoms with Crippen molar-refractivity contribution < 1.29 is 103 Å². The van der Waals surface area contributed by atoms with E-state index in [2.05, 4.69) is 38.4 Å². The molecule has 2 aliphatic rings. The molecular weight excluding hydrogens is 1100 g/mol. The van der Waals surface area contributed by atoms with Gasteiger partial charge < -0.3 is 54.1 Å². The Morgan fingerprint density at radius 2 is 0.987 bits per heavy atom. The maximum absolute atomic E-state index is 13.3. The Balaban J connectivity index is 1.02. The van der Waals surface area contributed by atoms with Crippen LogP contribution < -0.4 is 38.6 Å². The number of amides is 3. The van der Waals surface area contributed by atoms with Crippen LogP contribution in [-0.4, -0.2) is 112 Å². The molecule has 2 aliphatic heterocycles. The number of nitrogens with one attached hydrogen (secondary N) is 4. The third-order valence-electron chi connectivity index (χ3n) is 10.1. The SMILES string of the molecule is Nc1ccn([C@@H]2O[C@H](COP(=O)(O)OP(=O)(O)OP(=O)(O)OP(=O)(O)OC[C@H]3O[C@@H](n4ccc(=O)[nH]c4=O)[C@H](OC(=O)Nc4ccccc4)[C@@H]3O)[C@@H](OC(=O)Nc3ccccc3)[C@H]2OC(=O)Nc2ccccc2)c(=O)n1. The van der Waals surface area contributed by atoms with Crippen molar-refractivity contribution in [2.45, 2.75) is 49.1 Å². The molecule has 5 aromatic rings. The zero-order chi connectivity index (χ0) is 55.0. The number of phosphoric ester groups is 2. The predicted molar refractivity (Wildman–Crippen MR) is 254 cm³/mol. The Kier molecular flexibility index (Phi) is 18.1. The van der Waals surface area contributed by atoms with Crippen molar-refractivity contribution in [3.05, 3.63) is 147 Å². The van der Waals surface area contributed by atoms with Crippen LogP contribution in [0.25, 0.3) is 0 Å². The highest BCUT2D eigenvalue weighted by Crippen LogP contribution is 2.71. The molecule has 76 heavy (non-hydrogen) atoms. The van der Waals surface area contributed by atoms with E-state index in [1.54, 1.807) is 54.6 Å². The van der Waals surface area contributed by atoms with E-state index < -0.39 is 129 Å². The van der Waals surface area contributed by atoms with Crippen molar-refractivity contribution in [2.75, 3.05) is 34.9 Å². The molecule has 0 radical (unpaired) electrons. The Hall–Kier alpha value is -6.73. The number of para-hydroxylation sites is 3. The number of aromatic amines is 1. The number of carbonyl (C=O) groups excluding carboxylic acids is 3. The number of hydrogen-bond acceptors (Lipinski definition) is 23. The number of aliphatic hydroxyl groups excluding tert-OH is 1. The first kappa shape index (κ1) is 57.0. The van der Waals surface area contributed by atoms with Crippen LogP contribution in [0.1, 0.15) is 12.5 Å². The molecule has 4 heterocycles. The van der Waals surface area contributed by atoms with Gasteiger partial charge in [-0.25, -0.2) is 42.2 Å². The largest absolute Gasteiger partial charge is 0.490 e. The van der Waals surface area contributed by atoms with Gasteiger partial charge >= 0.3 is 60.9 Å². The van der Waals surface area contributed by atoms with E-state index in [1.807, 2.05) is 4.98 Å². The molecule has 0 saturated carbocycles. The molecule has 3 aromatic carbocycles. The number of phosphoric acid groups is 4. The van der Waals surface area contributed by atoms with Gasteiger partial charge in [0.15, 0.2) is 30.8 Å². The lowest BCUT2D eigenvalue weighted by atomic mass is 10.1. The summed E-state index contributed by atoms with van der Waals surface area (Å²) >= 11 is 0. The zero-order valence-electron chi connectivity index (χ0n) is 38.1. The molecule has 12 atom stereocenters. The number of ether oxygens (including phenoxy) is 5. The molecule has 2 aromatic heterocycles. The molecule has 3 amide bonds. The van der Waals surface area contributed by atoms with Crippen molar-refractivity contribution in [3.63, 3.8) is 0 Å². The molecule has 0 spiro atoms. The maximum Gasteiger partial charge on any atom is 0.490 e. The Labute approximate surface area is 424 Å². The van der Waals surface area contributed by atoms with Crippen LogP contribution >= 0.6 is 31.3 Å². The fraction of sp³-hybridized carbons (Fsp3) is 0.256. The number of anilines is 4. The quantitative estimate of drug-likeness (QED) is 0.0395. The fourth-order valence-electron chi connectivity index (χ4n) is 6.97. The lowest BCUT2D eigenvalue weighted by Crippen LogP contribution is -2.43. The zero-order valence-corrected chi connectivity index (χ0v) is 41.7. The molecule has 0 bridgehead atoms. The van der Waals surface area contributed by atoms with Gasteiger partial charge in [0.1, 0.15) is 24.1 Å². The number of hydrogen-bond donors (Lipinski definition) is 10. The van der Waals surface area contributed by atoms with Gasteiger partial charge in [-0.15, -0.1) is 0 Å². The van der Waals surface area contributed by atoms with Crippen LogP contribution in [0.15, 0.2) is 130 Å². The standard InChI is InChI=1S/C39H42N8O25P4/c40-27-16-18-46(35(50)44-27)34-32(69-39(54)43-24-14-8-3-9-15-24)30(67-37(52)41-22-10-4-1-5-11-22)26(66-34)21-64-74(57,58)71-76(61,62)72-75(59,60)70-73(55,56)63-20-25-29(49)31(68-38(53)42-23-12-6-2-7-13-23)33(65-25)47-19-17-28(48)45-36(47)51/h1-19,25-26,29-34,49H,20-21H2,(H,41,52)(H,42,53)(H,43,54)(H,55,56)(H,57,58)(H,59,60)(H,61,62)(H2,40,44,50)(H,45,48,51)/t25-,26-,29-,30-,31-,32-,33-,34-/m1/s1.